The first-order valence-electron chi connectivity index (χ1n) is 5.56. The summed E-state index contributed by atoms with van der Waals surface area (Å²) in [6.07, 6.45) is 6.71. The fraction of sp³-hybridized carbons (Fsp3) is 0.0667. The lowest BCUT2D eigenvalue weighted by atomic mass is 10.1. The molecule has 0 fully saturated rings. The summed E-state index contributed by atoms with van der Waals surface area (Å²) < 4.78 is 5.04. The molecule has 18 heavy (non-hydrogen) atoms. The zero-order valence-electron chi connectivity index (χ0n) is 10.0. The SMILES string of the molecule is COc1ccc(C(=O)/C=C\c2ccncc2)cc1. The van der Waals surface area contributed by atoms with Crippen molar-refractivity contribution < 1.29 is 9.53 Å². The molecule has 3 nitrogen and oxygen atoms in total. The standard InChI is InChI=1S/C15H13NO2/c1-18-14-5-3-13(4-6-14)15(17)7-2-12-8-10-16-11-9-12/h2-11H,1H3/b7-2-. The number of allylic oxidation sites excluding steroid dienone is 1. The molecule has 0 aliphatic rings. The van der Waals surface area contributed by atoms with Crippen LogP contribution in [-0.4, -0.2) is 17.9 Å². The second-order valence-electron chi connectivity index (χ2n) is 3.71. The Balaban J connectivity index is 2.09. The predicted molar refractivity (Wildman–Crippen MR) is 70.6 cm³/mol. The second kappa shape index (κ2) is 5.77. The molecular weight excluding hydrogens is 226 g/mol. The Labute approximate surface area is 106 Å². The highest BCUT2D eigenvalue weighted by Crippen LogP contribution is 2.12. The molecule has 0 spiro atoms. The van der Waals surface area contributed by atoms with E-state index in [9.17, 15) is 4.79 Å². The summed E-state index contributed by atoms with van der Waals surface area (Å²) >= 11 is 0. The van der Waals surface area contributed by atoms with E-state index in [0.29, 0.717) is 5.56 Å². The number of aromatic nitrogens is 1. The molecule has 0 aliphatic carbocycles. The van der Waals surface area contributed by atoms with Crippen LogP contribution in [0.4, 0.5) is 0 Å². The average Bonchev–Trinajstić information content (AvgIpc) is 2.46. The zero-order chi connectivity index (χ0) is 12.8. The van der Waals surface area contributed by atoms with Crippen molar-refractivity contribution in [1.82, 2.24) is 4.98 Å². The van der Waals surface area contributed by atoms with Crippen LogP contribution in [0.5, 0.6) is 5.75 Å². The topological polar surface area (TPSA) is 39.2 Å². The maximum absolute atomic E-state index is 11.9. The van der Waals surface area contributed by atoms with Gasteiger partial charge in [0, 0.05) is 18.0 Å². The summed E-state index contributed by atoms with van der Waals surface area (Å²) in [6, 6.07) is 10.7. The normalized spacial score (nSPS) is 10.5. The molecule has 0 bridgehead atoms. The molecule has 0 saturated heterocycles. The lowest BCUT2D eigenvalue weighted by molar-refractivity contribution is 0.104. The Morgan fingerprint density at radius 3 is 2.39 bits per heavy atom. The molecule has 0 atom stereocenters. The molecule has 90 valence electrons. The monoisotopic (exact) mass is 239 g/mol. The minimum absolute atomic E-state index is 0.0329. The van der Waals surface area contributed by atoms with Crippen LogP contribution in [0.1, 0.15) is 15.9 Å². The van der Waals surface area contributed by atoms with Gasteiger partial charge in [-0.3, -0.25) is 9.78 Å². The van der Waals surface area contributed by atoms with E-state index in [1.165, 1.54) is 0 Å². The molecule has 0 unspecified atom stereocenters. The van der Waals surface area contributed by atoms with E-state index in [1.54, 1.807) is 55.9 Å². The summed E-state index contributed by atoms with van der Waals surface area (Å²) in [5.41, 5.74) is 1.59. The third kappa shape index (κ3) is 3.04. The smallest absolute Gasteiger partial charge is 0.185 e. The zero-order valence-corrected chi connectivity index (χ0v) is 10.0. The number of nitrogens with zero attached hydrogens (tertiary/aromatic N) is 1. The van der Waals surface area contributed by atoms with Crippen molar-refractivity contribution in [3.05, 3.63) is 66.0 Å². The number of ether oxygens (including phenoxy) is 1. The van der Waals surface area contributed by atoms with Crippen molar-refractivity contribution in [2.45, 2.75) is 0 Å². The highest BCUT2D eigenvalue weighted by molar-refractivity contribution is 6.06. The van der Waals surface area contributed by atoms with Crippen LogP contribution < -0.4 is 4.74 Å². The van der Waals surface area contributed by atoms with Crippen LogP contribution in [0.25, 0.3) is 6.08 Å². The molecular formula is C15H13NO2. The summed E-state index contributed by atoms with van der Waals surface area (Å²) in [5.74, 6) is 0.708. The average molecular weight is 239 g/mol. The minimum Gasteiger partial charge on any atom is -0.497 e. The highest BCUT2D eigenvalue weighted by Gasteiger charge is 2.01. The first-order chi connectivity index (χ1) is 8.79. The van der Waals surface area contributed by atoms with Gasteiger partial charge in [-0.15, -0.1) is 0 Å². The van der Waals surface area contributed by atoms with Gasteiger partial charge in [0.15, 0.2) is 5.78 Å². The number of hydrogen-bond acceptors (Lipinski definition) is 3. The lowest BCUT2D eigenvalue weighted by Gasteiger charge is -2.00. The fourth-order valence-corrected chi connectivity index (χ4v) is 1.50. The van der Waals surface area contributed by atoms with Crippen LogP contribution in [0.2, 0.25) is 0 Å². The minimum atomic E-state index is -0.0329. The van der Waals surface area contributed by atoms with Gasteiger partial charge >= 0.3 is 0 Å². The fourth-order valence-electron chi connectivity index (χ4n) is 1.50. The lowest BCUT2D eigenvalue weighted by Crippen LogP contribution is -1.94. The first kappa shape index (κ1) is 12.0. The number of ketones is 1. The molecule has 0 radical (unpaired) electrons. The predicted octanol–water partition coefficient (Wildman–Crippen LogP) is 2.99. The van der Waals surface area contributed by atoms with E-state index in [-0.39, 0.29) is 5.78 Å². The van der Waals surface area contributed by atoms with Crippen molar-refractivity contribution >= 4 is 11.9 Å². The van der Waals surface area contributed by atoms with E-state index >= 15 is 0 Å². The third-order valence-corrected chi connectivity index (χ3v) is 2.51. The van der Waals surface area contributed by atoms with Gasteiger partial charge in [0.25, 0.3) is 0 Å². The van der Waals surface area contributed by atoms with Gasteiger partial charge in [-0.25, -0.2) is 0 Å². The maximum atomic E-state index is 11.9. The van der Waals surface area contributed by atoms with Crippen molar-refractivity contribution in [2.24, 2.45) is 0 Å². The van der Waals surface area contributed by atoms with Crippen molar-refractivity contribution in [1.29, 1.82) is 0 Å². The van der Waals surface area contributed by atoms with Gasteiger partial charge in [0.2, 0.25) is 0 Å². The Kier molecular flexibility index (Phi) is 3.86. The summed E-state index contributed by atoms with van der Waals surface area (Å²) in [6.45, 7) is 0. The van der Waals surface area contributed by atoms with Crippen molar-refractivity contribution in [2.75, 3.05) is 7.11 Å². The Hall–Kier alpha value is -2.42. The van der Waals surface area contributed by atoms with E-state index in [0.717, 1.165) is 11.3 Å². The molecule has 0 saturated carbocycles. The Morgan fingerprint density at radius 1 is 1.11 bits per heavy atom. The Bertz CT molecular complexity index is 544. The summed E-state index contributed by atoms with van der Waals surface area (Å²) in [7, 11) is 1.60. The van der Waals surface area contributed by atoms with Crippen molar-refractivity contribution in [3.63, 3.8) is 0 Å². The van der Waals surface area contributed by atoms with Gasteiger partial charge < -0.3 is 4.74 Å². The second-order valence-corrected chi connectivity index (χ2v) is 3.71. The third-order valence-electron chi connectivity index (χ3n) is 2.51. The number of carbonyl (C=O) groups excluding carboxylic acids is 1. The van der Waals surface area contributed by atoms with Crippen LogP contribution in [0.3, 0.4) is 0 Å². The number of hydrogen-bond donors (Lipinski definition) is 0. The largest absolute Gasteiger partial charge is 0.497 e. The molecule has 0 N–H and O–H groups in total. The maximum Gasteiger partial charge on any atom is 0.185 e. The molecule has 0 amide bonds. The van der Waals surface area contributed by atoms with E-state index in [2.05, 4.69) is 4.98 Å². The number of pyridine rings is 1. The van der Waals surface area contributed by atoms with E-state index < -0.39 is 0 Å². The number of rotatable bonds is 4. The molecule has 1 heterocycles. The summed E-state index contributed by atoms with van der Waals surface area (Å²) in [5, 5.41) is 0. The molecule has 1 aromatic heterocycles. The molecule has 2 aromatic rings. The molecule has 3 heteroatoms. The van der Waals surface area contributed by atoms with Gasteiger partial charge in [-0.2, -0.15) is 0 Å². The van der Waals surface area contributed by atoms with Crippen LogP contribution >= 0.6 is 0 Å². The number of benzene rings is 1. The molecule has 1 aromatic carbocycles. The Morgan fingerprint density at radius 2 is 1.78 bits per heavy atom. The summed E-state index contributed by atoms with van der Waals surface area (Å²) in [4.78, 5) is 15.8. The van der Waals surface area contributed by atoms with Gasteiger partial charge in [-0.1, -0.05) is 6.08 Å². The van der Waals surface area contributed by atoms with Gasteiger partial charge in [-0.05, 0) is 48.0 Å². The van der Waals surface area contributed by atoms with Gasteiger partial charge in [0.1, 0.15) is 5.75 Å². The van der Waals surface area contributed by atoms with Gasteiger partial charge in [0.05, 0.1) is 7.11 Å². The van der Waals surface area contributed by atoms with Crippen molar-refractivity contribution in [3.8, 4) is 5.75 Å². The quantitative estimate of drug-likeness (QED) is 0.608. The van der Waals surface area contributed by atoms with Crippen LogP contribution in [0, 0.1) is 0 Å². The highest BCUT2D eigenvalue weighted by atomic mass is 16.5. The van der Waals surface area contributed by atoms with Crippen LogP contribution in [-0.2, 0) is 0 Å². The molecule has 0 aliphatic heterocycles. The number of carbonyl (C=O) groups is 1. The first-order valence-corrected chi connectivity index (χ1v) is 5.56. The van der Waals surface area contributed by atoms with E-state index in [1.807, 2.05) is 12.1 Å². The van der Waals surface area contributed by atoms with E-state index in [4.69, 9.17) is 4.74 Å². The number of methoxy groups -OCH3 is 1. The van der Waals surface area contributed by atoms with Crippen LogP contribution in [0.15, 0.2) is 54.9 Å². The molecule has 2 rings (SSSR count).